The van der Waals surface area contributed by atoms with Crippen LogP contribution >= 0.6 is 0 Å². The van der Waals surface area contributed by atoms with Crippen LogP contribution in [0, 0.1) is 5.92 Å². The quantitative estimate of drug-likeness (QED) is 0.731. The van der Waals surface area contributed by atoms with E-state index in [2.05, 4.69) is 5.32 Å². The van der Waals surface area contributed by atoms with Crippen LogP contribution in [-0.2, 0) is 9.59 Å². The lowest BCUT2D eigenvalue weighted by Crippen LogP contribution is -2.41. The molecule has 1 aliphatic rings. The molecule has 2 amide bonds. The molecule has 1 saturated carbocycles. The van der Waals surface area contributed by atoms with Crippen molar-refractivity contribution in [3.8, 4) is 0 Å². The van der Waals surface area contributed by atoms with Gasteiger partial charge in [-0.15, -0.1) is 0 Å². The van der Waals surface area contributed by atoms with Crippen LogP contribution in [-0.4, -0.2) is 35.8 Å². The van der Waals surface area contributed by atoms with Crippen LogP contribution in [0.25, 0.3) is 0 Å². The topological polar surface area (TPSA) is 49.4 Å². The van der Waals surface area contributed by atoms with Gasteiger partial charge in [-0.25, -0.2) is 0 Å². The van der Waals surface area contributed by atoms with E-state index in [9.17, 15) is 9.59 Å². The maximum absolute atomic E-state index is 11.5. The average Bonchev–Trinajstić information content (AvgIpc) is 2.93. The molecule has 0 saturated heterocycles. The van der Waals surface area contributed by atoms with Crippen LogP contribution in [0.1, 0.15) is 33.6 Å². The van der Waals surface area contributed by atoms with Crippen LogP contribution in [0.4, 0.5) is 0 Å². The minimum absolute atomic E-state index is 0.00260. The Kier molecular flexibility index (Phi) is 4.12. The van der Waals surface area contributed by atoms with Crippen molar-refractivity contribution in [3.63, 3.8) is 0 Å². The summed E-state index contributed by atoms with van der Waals surface area (Å²) < 4.78 is 0. The third kappa shape index (κ3) is 4.32. The van der Waals surface area contributed by atoms with Gasteiger partial charge in [-0.2, -0.15) is 0 Å². The summed E-state index contributed by atoms with van der Waals surface area (Å²) in [6.45, 7) is 6.50. The highest BCUT2D eigenvalue weighted by molar-refractivity contribution is 5.84. The number of nitrogens with zero attached hydrogens (tertiary/aromatic N) is 1. The van der Waals surface area contributed by atoms with Gasteiger partial charge in [0.2, 0.25) is 11.8 Å². The minimum atomic E-state index is -0.0502. The zero-order valence-corrected chi connectivity index (χ0v) is 9.75. The largest absolute Gasteiger partial charge is 0.354 e. The van der Waals surface area contributed by atoms with Crippen molar-refractivity contribution < 1.29 is 9.59 Å². The molecule has 0 aromatic heterocycles. The first kappa shape index (κ1) is 12.0. The Morgan fingerprint density at radius 3 is 2.40 bits per heavy atom. The van der Waals surface area contributed by atoms with E-state index < -0.39 is 0 Å². The highest BCUT2D eigenvalue weighted by Crippen LogP contribution is 2.26. The van der Waals surface area contributed by atoms with Crippen LogP contribution in [0.3, 0.4) is 0 Å². The lowest BCUT2D eigenvalue weighted by Gasteiger charge is -2.20. The van der Waals surface area contributed by atoms with E-state index in [-0.39, 0.29) is 18.4 Å². The second-order valence-corrected chi connectivity index (χ2v) is 4.58. The Hall–Kier alpha value is -1.06. The number of carbonyl (C=O) groups excluding carboxylic acids is 2. The lowest BCUT2D eigenvalue weighted by atomic mass is 10.2. The van der Waals surface area contributed by atoms with E-state index in [1.54, 1.807) is 4.90 Å². The summed E-state index contributed by atoms with van der Waals surface area (Å²) in [5, 5.41) is 2.82. The number of hydrogen-bond donors (Lipinski definition) is 1. The molecule has 0 aliphatic heterocycles. The summed E-state index contributed by atoms with van der Waals surface area (Å²) in [6.07, 6.45) is 2.08. The van der Waals surface area contributed by atoms with Crippen LogP contribution < -0.4 is 5.32 Å². The number of hydrogen-bond acceptors (Lipinski definition) is 2. The predicted molar refractivity (Wildman–Crippen MR) is 58.3 cm³/mol. The smallest absolute Gasteiger partial charge is 0.239 e. The van der Waals surface area contributed by atoms with E-state index in [1.165, 1.54) is 6.92 Å². The van der Waals surface area contributed by atoms with Crippen LogP contribution in [0.2, 0.25) is 0 Å². The van der Waals surface area contributed by atoms with E-state index >= 15 is 0 Å². The SMILES string of the molecule is CC(=O)N(CC(=O)NCC(C)C)C1CC1. The third-order valence-electron chi connectivity index (χ3n) is 2.41. The Morgan fingerprint density at radius 1 is 1.40 bits per heavy atom. The molecular weight excluding hydrogens is 192 g/mol. The number of rotatable bonds is 5. The number of nitrogens with one attached hydrogen (secondary N) is 1. The predicted octanol–water partition coefficient (Wildman–Crippen LogP) is 0.769. The Balaban J connectivity index is 2.31. The number of carbonyl (C=O) groups is 2. The van der Waals surface area contributed by atoms with E-state index in [4.69, 9.17) is 0 Å². The summed E-state index contributed by atoms with van der Waals surface area (Å²) in [4.78, 5) is 24.4. The molecule has 86 valence electrons. The number of amides is 2. The third-order valence-corrected chi connectivity index (χ3v) is 2.41. The summed E-state index contributed by atoms with van der Waals surface area (Å²) >= 11 is 0. The molecule has 4 heteroatoms. The van der Waals surface area contributed by atoms with E-state index in [0.717, 1.165) is 12.8 Å². The highest BCUT2D eigenvalue weighted by Gasteiger charge is 2.31. The summed E-state index contributed by atoms with van der Waals surface area (Å²) in [7, 11) is 0. The molecule has 1 aliphatic carbocycles. The van der Waals surface area contributed by atoms with Gasteiger partial charge in [-0.3, -0.25) is 9.59 Å². The molecule has 0 bridgehead atoms. The second-order valence-electron chi connectivity index (χ2n) is 4.58. The normalized spacial score (nSPS) is 15.2. The van der Waals surface area contributed by atoms with Crippen LogP contribution in [0.15, 0.2) is 0 Å². The van der Waals surface area contributed by atoms with E-state index in [0.29, 0.717) is 18.5 Å². The molecular formula is C11H20N2O2. The van der Waals surface area contributed by atoms with Gasteiger partial charge in [-0.05, 0) is 18.8 Å². The van der Waals surface area contributed by atoms with Gasteiger partial charge >= 0.3 is 0 Å². The fourth-order valence-electron chi connectivity index (χ4n) is 1.41. The zero-order valence-electron chi connectivity index (χ0n) is 9.75. The standard InChI is InChI=1S/C11H20N2O2/c1-8(2)6-12-11(15)7-13(9(3)14)10-4-5-10/h8,10H,4-7H2,1-3H3,(H,12,15). The molecule has 15 heavy (non-hydrogen) atoms. The second kappa shape index (κ2) is 5.14. The first-order valence-corrected chi connectivity index (χ1v) is 5.54. The fourth-order valence-corrected chi connectivity index (χ4v) is 1.41. The van der Waals surface area contributed by atoms with Crippen molar-refractivity contribution in [2.75, 3.05) is 13.1 Å². The molecule has 0 spiro atoms. The van der Waals surface area contributed by atoms with Gasteiger partial charge < -0.3 is 10.2 Å². The van der Waals surface area contributed by atoms with Crippen molar-refractivity contribution in [2.45, 2.75) is 39.7 Å². The molecule has 0 heterocycles. The Morgan fingerprint density at radius 2 is 2.00 bits per heavy atom. The highest BCUT2D eigenvalue weighted by atomic mass is 16.2. The van der Waals surface area contributed by atoms with Crippen molar-refractivity contribution in [3.05, 3.63) is 0 Å². The van der Waals surface area contributed by atoms with E-state index in [1.807, 2.05) is 13.8 Å². The summed E-state index contributed by atoms with van der Waals surface area (Å²) in [6, 6.07) is 0.312. The molecule has 0 unspecified atom stereocenters. The summed E-state index contributed by atoms with van der Waals surface area (Å²) in [5.41, 5.74) is 0. The molecule has 1 N–H and O–H groups in total. The lowest BCUT2D eigenvalue weighted by molar-refractivity contribution is -0.134. The monoisotopic (exact) mass is 212 g/mol. The summed E-state index contributed by atoms with van der Waals surface area (Å²) in [5.74, 6) is 0.392. The average molecular weight is 212 g/mol. The first-order valence-electron chi connectivity index (χ1n) is 5.54. The maximum Gasteiger partial charge on any atom is 0.239 e. The first-order chi connectivity index (χ1) is 7.00. The molecule has 0 aromatic carbocycles. The van der Waals surface area contributed by atoms with Crippen molar-refractivity contribution in [1.82, 2.24) is 10.2 Å². The van der Waals surface area contributed by atoms with Gasteiger partial charge in [0.15, 0.2) is 0 Å². The Labute approximate surface area is 91.0 Å². The van der Waals surface area contributed by atoms with Gasteiger partial charge in [-0.1, -0.05) is 13.8 Å². The molecule has 4 nitrogen and oxygen atoms in total. The zero-order chi connectivity index (χ0) is 11.4. The molecule has 0 radical (unpaired) electrons. The van der Waals surface area contributed by atoms with Crippen LogP contribution in [0.5, 0.6) is 0 Å². The van der Waals surface area contributed by atoms with Crippen molar-refractivity contribution in [2.24, 2.45) is 5.92 Å². The Bertz CT molecular complexity index is 247. The maximum atomic E-state index is 11.5. The molecule has 1 rings (SSSR count). The van der Waals surface area contributed by atoms with Crippen molar-refractivity contribution in [1.29, 1.82) is 0 Å². The van der Waals surface area contributed by atoms with Gasteiger partial charge in [0.1, 0.15) is 0 Å². The molecule has 0 atom stereocenters. The molecule has 1 fully saturated rings. The van der Waals surface area contributed by atoms with Gasteiger partial charge in [0, 0.05) is 19.5 Å². The fraction of sp³-hybridized carbons (Fsp3) is 0.818. The van der Waals surface area contributed by atoms with Gasteiger partial charge in [0.05, 0.1) is 6.54 Å². The van der Waals surface area contributed by atoms with Gasteiger partial charge in [0.25, 0.3) is 0 Å². The minimum Gasteiger partial charge on any atom is -0.354 e. The molecule has 0 aromatic rings. The van der Waals surface area contributed by atoms with Crippen molar-refractivity contribution >= 4 is 11.8 Å².